The van der Waals surface area contributed by atoms with E-state index in [4.69, 9.17) is 4.84 Å². The zero-order valence-electron chi connectivity index (χ0n) is 18.8. The SMILES string of the molecule is CC(C)(C)/C(O)=C/C(=N/Oc1[c-]c(-c2nccc3ccccc23)ccc1)C(C)(C)C.[Pt]. The van der Waals surface area contributed by atoms with Crippen molar-refractivity contribution in [3.05, 3.63) is 72.6 Å². The smallest absolute Gasteiger partial charge is 0.0995 e. The molecule has 0 saturated heterocycles. The molecule has 31 heavy (non-hydrogen) atoms. The Bertz CT molecular complexity index is 1100. The van der Waals surface area contributed by atoms with Gasteiger partial charge in [0.2, 0.25) is 0 Å². The summed E-state index contributed by atoms with van der Waals surface area (Å²) >= 11 is 0. The maximum Gasteiger partial charge on any atom is 0.0995 e. The minimum absolute atomic E-state index is 0. The van der Waals surface area contributed by atoms with Crippen LogP contribution in [0.3, 0.4) is 0 Å². The molecule has 0 aliphatic heterocycles. The third-order valence-corrected chi connectivity index (χ3v) is 4.75. The number of hydrogen-bond donors (Lipinski definition) is 1. The maximum atomic E-state index is 10.4. The van der Waals surface area contributed by atoms with E-state index in [1.165, 1.54) is 0 Å². The largest absolute Gasteiger partial charge is 0.512 e. The van der Waals surface area contributed by atoms with Gasteiger partial charge in [-0.1, -0.05) is 83.1 Å². The maximum absolute atomic E-state index is 10.4. The molecule has 0 bridgehead atoms. The minimum Gasteiger partial charge on any atom is -0.512 e. The number of aliphatic hydroxyl groups excluding tert-OH is 1. The molecule has 0 fully saturated rings. The number of oxime groups is 1. The van der Waals surface area contributed by atoms with E-state index in [-0.39, 0.29) is 37.7 Å². The molecule has 0 unspecified atom stereocenters. The summed E-state index contributed by atoms with van der Waals surface area (Å²) in [6.07, 6.45) is 3.49. The predicted octanol–water partition coefficient (Wildman–Crippen LogP) is 6.97. The Morgan fingerprint density at radius 1 is 0.968 bits per heavy atom. The Hall–Kier alpha value is -2.45. The van der Waals surface area contributed by atoms with Gasteiger partial charge in [-0.05, 0) is 22.5 Å². The second-order valence-corrected chi connectivity index (χ2v) is 9.41. The van der Waals surface area contributed by atoms with E-state index in [0.29, 0.717) is 11.5 Å². The van der Waals surface area contributed by atoms with Gasteiger partial charge in [0.05, 0.1) is 17.2 Å². The Kier molecular flexibility index (Phi) is 7.83. The van der Waals surface area contributed by atoms with Gasteiger partial charge >= 0.3 is 0 Å². The van der Waals surface area contributed by atoms with E-state index in [1.54, 1.807) is 12.3 Å². The Balaban J connectivity index is 0.00000341. The number of fused-ring (bicyclic) bond motifs is 1. The number of rotatable bonds is 4. The van der Waals surface area contributed by atoms with Crippen LogP contribution >= 0.6 is 0 Å². The first-order valence-electron chi connectivity index (χ1n) is 10.1. The Morgan fingerprint density at radius 3 is 2.35 bits per heavy atom. The first-order chi connectivity index (χ1) is 14.1. The molecule has 1 N–H and O–H groups in total. The van der Waals surface area contributed by atoms with Crippen molar-refractivity contribution in [3.63, 3.8) is 0 Å². The molecule has 166 valence electrons. The zero-order chi connectivity index (χ0) is 21.9. The van der Waals surface area contributed by atoms with E-state index in [0.717, 1.165) is 22.0 Å². The average molecular weight is 597 g/mol. The molecule has 0 spiro atoms. The van der Waals surface area contributed by atoms with E-state index in [2.05, 4.69) is 28.3 Å². The van der Waals surface area contributed by atoms with Gasteiger partial charge in [-0.25, -0.2) is 0 Å². The van der Waals surface area contributed by atoms with E-state index in [1.807, 2.05) is 77.9 Å². The van der Waals surface area contributed by atoms with Gasteiger partial charge in [-0.3, -0.25) is 0 Å². The molecular weight excluding hydrogens is 567 g/mol. The van der Waals surface area contributed by atoms with Crippen molar-refractivity contribution in [3.8, 4) is 17.0 Å². The van der Waals surface area contributed by atoms with Gasteiger partial charge in [0.1, 0.15) is 0 Å². The number of aliphatic hydroxyl groups is 1. The molecule has 0 radical (unpaired) electrons. The summed E-state index contributed by atoms with van der Waals surface area (Å²) in [5, 5.41) is 16.9. The van der Waals surface area contributed by atoms with Crippen molar-refractivity contribution >= 4 is 16.5 Å². The summed E-state index contributed by atoms with van der Waals surface area (Å²) in [6.45, 7) is 11.9. The topological polar surface area (TPSA) is 54.7 Å². The summed E-state index contributed by atoms with van der Waals surface area (Å²) < 4.78 is 0. The van der Waals surface area contributed by atoms with E-state index < -0.39 is 0 Å². The Morgan fingerprint density at radius 2 is 1.68 bits per heavy atom. The molecule has 4 nitrogen and oxygen atoms in total. The van der Waals surface area contributed by atoms with Gasteiger partial charge in [-0.15, -0.1) is 17.7 Å². The van der Waals surface area contributed by atoms with E-state index in [9.17, 15) is 5.11 Å². The van der Waals surface area contributed by atoms with Crippen molar-refractivity contribution in [2.45, 2.75) is 41.5 Å². The monoisotopic (exact) mass is 596 g/mol. The minimum atomic E-state index is -0.363. The van der Waals surface area contributed by atoms with Crippen LogP contribution in [0.2, 0.25) is 0 Å². The van der Waals surface area contributed by atoms with Crippen LogP contribution < -0.4 is 4.84 Å². The third kappa shape index (κ3) is 6.27. The second-order valence-electron chi connectivity index (χ2n) is 9.41. The summed E-state index contributed by atoms with van der Waals surface area (Å²) in [5.41, 5.74) is 1.68. The summed E-state index contributed by atoms with van der Waals surface area (Å²) in [6, 6.07) is 19.1. The second kappa shape index (κ2) is 9.78. The van der Waals surface area contributed by atoms with Gasteiger partial charge in [0, 0.05) is 44.2 Å². The van der Waals surface area contributed by atoms with Gasteiger partial charge in [-0.2, -0.15) is 0 Å². The molecule has 0 saturated carbocycles. The molecule has 0 amide bonds. The molecule has 3 aromatic rings. The van der Waals surface area contributed by atoms with Crippen molar-refractivity contribution in [1.29, 1.82) is 0 Å². The quantitative estimate of drug-likeness (QED) is 0.153. The van der Waals surface area contributed by atoms with Crippen LogP contribution in [0.1, 0.15) is 41.5 Å². The fourth-order valence-corrected chi connectivity index (χ4v) is 2.80. The van der Waals surface area contributed by atoms with Crippen LogP contribution in [0, 0.1) is 16.9 Å². The number of benzene rings is 2. The molecule has 5 heteroatoms. The average Bonchev–Trinajstić information content (AvgIpc) is 2.69. The van der Waals surface area contributed by atoms with Crippen molar-refractivity contribution in [1.82, 2.24) is 4.98 Å². The normalized spacial score (nSPS) is 13.1. The number of allylic oxidation sites excluding steroid dienone is 2. The van der Waals surface area contributed by atoms with Gasteiger partial charge < -0.3 is 14.9 Å². The molecule has 0 aliphatic carbocycles. The van der Waals surface area contributed by atoms with Gasteiger partial charge in [0.25, 0.3) is 0 Å². The predicted molar refractivity (Wildman–Crippen MR) is 124 cm³/mol. The summed E-state index contributed by atoms with van der Waals surface area (Å²) in [7, 11) is 0. The van der Waals surface area contributed by atoms with Crippen LogP contribution in [0.4, 0.5) is 0 Å². The molecular formula is C26H29N2O2Pt-. The van der Waals surface area contributed by atoms with Crippen molar-refractivity contribution in [2.75, 3.05) is 0 Å². The molecule has 3 rings (SSSR count). The van der Waals surface area contributed by atoms with Crippen LogP contribution in [0.5, 0.6) is 5.75 Å². The van der Waals surface area contributed by atoms with Crippen LogP contribution in [-0.4, -0.2) is 15.8 Å². The van der Waals surface area contributed by atoms with Crippen LogP contribution in [0.15, 0.2) is 71.7 Å². The third-order valence-electron chi connectivity index (χ3n) is 4.75. The van der Waals surface area contributed by atoms with Crippen LogP contribution in [-0.2, 0) is 21.1 Å². The molecule has 1 aromatic heterocycles. The number of aromatic nitrogens is 1. The summed E-state index contributed by atoms with van der Waals surface area (Å²) in [4.78, 5) is 10.3. The Labute approximate surface area is 199 Å². The summed E-state index contributed by atoms with van der Waals surface area (Å²) in [5.74, 6) is 0.755. The molecule has 1 heterocycles. The fourth-order valence-electron chi connectivity index (χ4n) is 2.80. The fraction of sp³-hybridized carbons (Fsp3) is 0.308. The zero-order valence-corrected chi connectivity index (χ0v) is 21.1. The van der Waals surface area contributed by atoms with E-state index >= 15 is 0 Å². The van der Waals surface area contributed by atoms with Crippen molar-refractivity contribution in [2.24, 2.45) is 16.0 Å². The molecule has 0 atom stereocenters. The number of nitrogens with zero attached hydrogens (tertiary/aromatic N) is 2. The first kappa shape index (κ1) is 24.8. The molecule has 0 aliphatic rings. The first-order valence-corrected chi connectivity index (χ1v) is 10.1. The van der Waals surface area contributed by atoms with Crippen molar-refractivity contribution < 1.29 is 31.0 Å². The number of pyridine rings is 1. The molecule has 2 aromatic carbocycles. The standard InChI is InChI=1S/C26H29N2O2.Pt/c1-25(2,3)22(17-23(29)26(4,5)6)28-30-20-12-9-11-19(16-20)24-21-13-8-7-10-18(21)14-15-27-24;/h7-15,17,29H,1-6H3;/q-1;/b23-17-,28-22-;. The van der Waals surface area contributed by atoms with Gasteiger partial charge in [0.15, 0.2) is 0 Å². The van der Waals surface area contributed by atoms with Crippen LogP contribution in [0.25, 0.3) is 22.0 Å². The number of hydrogen-bond acceptors (Lipinski definition) is 4.